The summed E-state index contributed by atoms with van der Waals surface area (Å²) in [5, 5.41) is 12.9. The minimum Gasteiger partial charge on any atom is -0.481 e. The average Bonchev–Trinajstić information content (AvgIpc) is 2.96. The van der Waals surface area contributed by atoms with E-state index in [0.717, 1.165) is 6.42 Å². The van der Waals surface area contributed by atoms with Crippen molar-refractivity contribution in [1.29, 1.82) is 0 Å². The third kappa shape index (κ3) is 2.65. The Morgan fingerprint density at radius 2 is 1.62 bits per heavy atom. The number of halogens is 2. The minimum atomic E-state index is -0.920. The van der Waals surface area contributed by atoms with Crippen molar-refractivity contribution < 1.29 is 14.7 Å². The number of rotatable bonds is 3. The lowest BCUT2D eigenvalue weighted by Gasteiger charge is -2.23. The van der Waals surface area contributed by atoms with Crippen LogP contribution < -0.4 is 5.32 Å². The fourth-order valence-corrected chi connectivity index (χ4v) is 3.89. The first-order valence-electron chi connectivity index (χ1n) is 6.64. The molecule has 0 heterocycles. The average molecular weight is 326 g/mol. The predicted molar refractivity (Wildman–Crippen MR) is 80.4 cm³/mol. The van der Waals surface area contributed by atoms with E-state index in [1.165, 1.54) is 0 Å². The number of amides is 1. The molecule has 2 N–H and O–H groups in total. The molecule has 0 aromatic heterocycles. The van der Waals surface area contributed by atoms with Crippen molar-refractivity contribution in [2.45, 2.75) is 6.42 Å². The van der Waals surface area contributed by atoms with Crippen molar-refractivity contribution in [1.82, 2.24) is 0 Å². The smallest absolute Gasteiger partial charge is 0.307 e. The number of carboxylic acid groups (broad SMARTS) is 1. The minimum absolute atomic E-state index is 0.00856. The van der Waals surface area contributed by atoms with Crippen LogP contribution in [-0.2, 0) is 9.59 Å². The SMILES string of the molecule is O=C(O)[C@@H]1[C@H](C(=O)Nc2cc(Cl)cc(Cl)c2)[C@H]2C=C[C@H]1C2. The Balaban J connectivity index is 1.82. The molecule has 4 atom stereocenters. The number of aliphatic carboxylic acids is 1. The fourth-order valence-electron chi connectivity index (χ4n) is 3.37. The molecule has 21 heavy (non-hydrogen) atoms. The number of allylic oxidation sites excluding steroid dienone is 2. The maximum absolute atomic E-state index is 12.4. The molecule has 2 aliphatic rings. The van der Waals surface area contributed by atoms with Crippen LogP contribution in [0.2, 0.25) is 10.0 Å². The second kappa shape index (κ2) is 5.35. The van der Waals surface area contributed by atoms with Crippen LogP contribution >= 0.6 is 23.2 Å². The van der Waals surface area contributed by atoms with E-state index >= 15 is 0 Å². The Bertz CT molecular complexity index is 624. The van der Waals surface area contributed by atoms with Gasteiger partial charge in [0.1, 0.15) is 0 Å². The Kier molecular flexibility index (Phi) is 3.68. The van der Waals surface area contributed by atoms with Gasteiger partial charge in [0.15, 0.2) is 0 Å². The van der Waals surface area contributed by atoms with Gasteiger partial charge in [0.2, 0.25) is 5.91 Å². The Hall–Kier alpha value is -1.52. The van der Waals surface area contributed by atoms with Crippen LogP contribution in [0.3, 0.4) is 0 Å². The molecular weight excluding hydrogens is 313 g/mol. The molecule has 1 aromatic rings. The molecule has 4 nitrogen and oxygen atoms in total. The van der Waals surface area contributed by atoms with E-state index in [1.54, 1.807) is 18.2 Å². The molecule has 0 spiro atoms. The number of carbonyl (C=O) groups excluding carboxylic acids is 1. The Morgan fingerprint density at radius 1 is 1.05 bits per heavy atom. The first-order chi connectivity index (χ1) is 9.95. The zero-order chi connectivity index (χ0) is 15.1. The lowest BCUT2D eigenvalue weighted by Crippen LogP contribution is -2.36. The van der Waals surface area contributed by atoms with Gasteiger partial charge in [0, 0.05) is 15.7 Å². The second-order valence-corrected chi connectivity index (χ2v) is 6.36. The summed E-state index contributed by atoms with van der Waals surface area (Å²) in [6.07, 6.45) is 4.58. The quantitative estimate of drug-likeness (QED) is 0.836. The predicted octanol–water partition coefficient (Wildman–Crippen LogP) is 3.45. The molecule has 1 aromatic carbocycles. The molecule has 2 aliphatic carbocycles. The summed E-state index contributed by atoms with van der Waals surface area (Å²) >= 11 is 11.8. The maximum atomic E-state index is 12.4. The highest BCUT2D eigenvalue weighted by molar-refractivity contribution is 6.35. The van der Waals surface area contributed by atoms with Gasteiger partial charge in [-0.1, -0.05) is 35.4 Å². The third-order valence-corrected chi connectivity index (χ3v) is 4.61. The zero-order valence-corrected chi connectivity index (χ0v) is 12.4. The molecular formula is C15H13Cl2NO3. The number of nitrogens with one attached hydrogen (secondary N) is 1. The van der Waals surface area contributed by atoms with Crippen molar-refractivity contribution in [3.05, 3.63) is 40.4 Å². The largest absolute Gasteiger partial charge is 0.481 e. The number of anilines is 1. The summed E-state index contributed by atoms with van der Waals surface area (Å²) in [6, 6.07) is 4.74. The second-order valence-electron chi connectivity index (χ2n) is 5.49. The van der Waals surface area contributed by atoms with Gasteiger partial charge in [0.25, 0.3) is 0 Å². The molecule has 1 saturated carbocycles. The van der Waals surface area contributed by atoms with E-state index in [1.807, 2.05) is 12.2 Å². The van der Waals surface area contributed by atoms with E-state index in [-0.39, 0.29) is 17.7 Å². The highest BCUT2D eigenvalue weighted by Crippen LogP contribution is 2.48. The fraction of sp³-hybridized carbons (Fsp3) is 0.333. The Labute approximate surface area is 131 Å². The zero-order valence-electron chi connectivity index (χ0n) is 10.9. The van der Waals surface area contributed by atoms with Crippen molar-refractivity contribution in [2.24, 2.45) is 23.7 Å². The van der Waals surface area contributed by atoms with Crippen LogP contribution in [0.15, 0.2) is 30.4 Å². The summed E-state index contributed by atoms with van der Waals surface area (Å²) in [5.41, 5.74) is 0.480. The number of fused-ring (bicyclic) bond motifs is 2. The van der Waals surface area contributed by atoms with Gasteiger partial charge in [-0.05, 0) is 36.5 Å². The molecule has 0 saturated heterocycles. The topological polar surface area (TPSA) is 66.4 Å². The standard InChI is InChI=1S/C15H13Cl2NO3/c16-9-4-10(17)6-11(5-9)18-14(19)12-7-1-2-8(3-7)13(12)15(20)21/h1-2,4-8,12-13H,3H2,(H,18,19)(H,20,21)/t7-,8-,12+,13-/m0/s1. The van der Waals surface area contributed by atoms with Gasteiger partial charge in [-0.3, -0.25) is 9.59 Å². The number of hydrogen-bond acceptors (Lipinski definition) is 2. The summed E-state index contributed by atoms with van der Waals surface area (Å²) in [6.45, 7) is 0. The van der Waals surface area contributed by atoms with Crippen molar-refractivity contribution in [2.75, 3.05) is 5.32 Å². The number of carbonyl (C=O) groups is 2. The highest BCUT2D eigenvalue weighted by Gasteiger charge is 2.51. The van der Waals surface area contributed by atoms with Gasteiger partial charge < -0.3 is 10.4 Å². The lowest BCUT2D eigenvalue weighted by molar-refractivity contribution is -0.146. The summed E-state index contributed by atoms with van der Waals surface area (Å²) < 4.78 is 0. The molecule has 6 heteroatoms. The van der Waals surface area contributed by atoms with Crippen LogP contribution in [0.4, 0.5) is 5.69 Å². The first kappa shape index (κ1) is 14.4. The van der Waals surface area contributed by atoms with E-state index in [4.69, 9.17) is 23.2 Å². The van der Waals surface area contributed by atoms with E-state index < -0.39 is 17.8 Å². The molecule has 2 bridgehead atoms. The molecule has 1 fully saturated rings. The van der Waals surface area contributed by atoms with Crippen LogP contribution in [0.25, 0.3) is 0 Å². The van der Waals surface area contributed by atoms with Gasteiger partial charge in [-0.2, -0.15) is 0 Å². The van der Waals surface area contributed by atoms with Gasteiger partial charge in [-0.25, -0.2) is 0 Å². The number of hydrogen-bond donors (Lipinski definition) is 2. The van der Waals surface area contributed by atoms with E-state index in [9.17, 15) is 14.7 Å². The van der Waals surface area contributed by atoms with Crippen LogP contribution in [-0.4, -0.2) is 17.0 Å². The highest BCUT2D eigenvalue weighted by atomic mass is 35.5. The van der Waals surface area contributed by atoms with Crippen molar-refractivity contribution in [3.8, 4) is 0 Å². The normalized spacial score (nSPS) is 29.6. The van der Waals surface area contributed by atoms with Crippen molar-refractivity contribution in [3.63, 3.8) is 0 Å². The maximum Gasteiger partial charge on any atom is 0.307 e. The number of benzene rings is 1. The van der Waals surface area contributed by atoms with Gasteiger partial charge in [0.05, 0.1) is 11.8 Å². The summed E-state index contributed by atoms with van der Waals surface area (Å²) in [5.74, 6) is -2.48. The molecule has 0 unspecified atom stereocenters. The summed E-state index contributed by atoms with van der Waals surface area (Å²) in [4.78, 5) is 23.9. The summed E-state index contributed by atoms with van der Waals surface area (Å²) in [7, 11) is 0. The molecule has 1 amide bonds. The van der Waals surface area contributed by atoms with Gasteiger partial charge in [-0.15, -0.1) is 0 Å². The monoisotopic (exact) mass is 325 g/mol. The van der Waals surface area contributed by atoms with Gasteiger partial charge >= 0.3 is 5.97 Å². The van der Waals surface area contributed by atoms with Crippen LogP contribution in [0.5, 0.6) is 0 Å². The first-order valence-corrected chi connectivity index (χ1v) is 7.39. The molecule has 110 valence electrons. The third-order valence-electron chi connectivity index (χ3n) is 4.18. The Morgan fingerprint density at radius 3 is 2.19 bits per heavy atom. The van der Waals surface area contributed by atoms with Crippen LogP contribution in [0, 0.1) is 23.7 Å². The van der Waals surface area contributed by atoms with E-state index in [2.05, 4.69) is 5.32 Å². The van der Waals surface area contributed by atoms with E-state index in [0.29, 0.717) is 15.7 Å². The molecule has 3 rings (SSSR count). The number of carboxylic acids is 1. The van der Waals surface area contributed by atoms with Crippen molar-refractivity contribution >= 4 is 40.8 Å². The molecule has 0 aliphatic heterocycles. The molecule has 0 radical (unpaired) electrons. The lowest BCUT2D eigenvalue weighted by atomic mass is 9.82. The van der Waals surface area contributed by atoms with Crippen LogP contribution in [0.1, 0.15) is 6.42 Å².